The summed E-state index contributed by atoms with van der Waals surface area (Å²) in [6.45, 7) is 3.70. The van der Waals surface area contributed by atoms with Crippen LogP contribution in [0.5, 0.6) is 0 Å². The van der Waals surface area contributed by atoms with E-state index in [0.29, 0.717) is 22.7 Å². The van der Waals surface area contributed by atoms with Gasteiger partial charge in [-0.05, 0) is 60.6 Å². The van der Waals surface area contributed by atoms with Gasteiger partial charge in [0.2, 0.25) is 0 Å². The van der Waals surface area contributed by atoms with Crippen LogP contribution in [0.4, 0.5) is 5.69 Å². The zero-order valence-corrected chi connectivity index (χ0v) is 18.3. The van der Waals surface area contributed by atoms with E-state index in [-0.39, 0.29) is 11.8 Å². The SMILES string of the molecule is O=C(Nc1ccsc1C(=O)NCCN1CCCCC1)c1ccc(-c2ccccc2)cc1. The summed E-state index contributed by atoms with van der Waals surface area (Å²) < 4.78 is 0. The normalized spacial score (nSPS) is 14.2. The molecule has 1 aliphatic heterocycles. The molecule has 4 rings (SSSR count). The highest BCUT2D eigenvalue weighted by Crippen LogP contribution is 2.24. The van der Waals surface area contributed by atoms with E-state index in [1.165, 1.54) is 30.6 Å². The summed E-state index contributed by atoms with van der Waals surface area (Å²) in [5.74, 6) is -0.359. The van der Waals surface area contributed by atoms with Crippen LogP contribution in [0.15, 0.2) is 66.0 Å². The number of hydrogen-bond donors (Lipinski definition) is 2. The number of carbonyl (C=O) groups is 2. The first-order valence-electron chi connectivity index (χ1n) is 10.8. The summed E-state index contributed by atoms with van der Waals surface area (Å²) in [4.78, 5) is 28.3. The number of carbonyl (C=O) groups excluding carboxylic acids is 2. The van der Waals surface area contributed by atoms with Crippen molar-refractivity contribution in [2.45, 2.75) is 19.3 Å². The lowest BCUT2D eigenvalue weighted by atomic mass is 10.0. The summed E-state index contributed by atoms with van der Waals surface area (Å²) in [6.07, 6.45) is 3.78. The largest absolute Gasteiger partial charge is 0.350 e. The van der Waals surface area contributed by atoms with Crippen LogP contribution in [0.25, 0.3) is 11.1 Å². The molecule has 2 aromatic carbocycles. The Bertz CT molecular complexity index is 1010. The number of benzene rings is 2. The number of nitrogens with zero attached hydrogens (tertiary/aromatic N) is 1. The van der Waals surface area contributed by atoms with Crippen molar-refractivity contribution in [2.24, 2.45) is 0 Å². The van der Waals surface area contributed by atoms with Gasteiger partial charge in [0.1, 0.15) is 4.88 Å². The number of likely N-dealkylation sites (tertiary alicyclic amines) is 1. The summed E-state index contributed by atoms with van der Waals surface area (Å²) in [5, 5.41) is 7.70. The van der Waals surface area contributed by atoms with Gasteiger partial charge in [-0.1, -0.05) is 48.9 Å². The summed E-state index contributed by atoms with van der Waals surface area (Å²) in [6, 6.07) is 19.3. The summed E-state index contributed by atoms with van der Waals surface area (Å²) in [7, 11) is 0. The Kier molecular flexibility index (Phi) is 7.12. The molecule has 1 saturated heterocycles. The fraction of sp³-hybridized carbons (Fsp3) is 0.280. The van der Waals surface area contributed by atoms with Gasteiger partial charge in [0.25, 0.3) is 11.8 Å². The van der Waals surface area contributed by atoms with Crippen LogP contribution in [-0.4, -0.2) is 42.9 Å². The van der Waals surface area contributed by atoms with Crippen molar-refractivity contribution in [3.05, 3.63) is 76.5 Å². The number of rotatable bonds is 7. The second kappa shape index (κ2) is 10.4. The Morgan fingerprint density at radius 3 is 2.29 bits per heavy atom. The van der Waals surface area contributed by atoms with Crippen molar-refractivity contribution < 1.29 is 9.59 Å². The van der Waals surface area contributed by atoms with Crippen LogP contribution in [-0.2, 0) is 0 Å². The van der Waals surface area contributed by atoms with Crippen molar-refractivity contribution in [2.75, 3.05) is 31.5 Å². The molecule has 6 heteroatoms. The highest BCUT2D eigenvalue weighted by Gasteiger charge is 2.17. The first-order chi connectivity index (χ1) is 15.2. The summed E-state index contributed by atoms with van der Waals surface area (Å²) in [5.41, 5.74) is 3.28. The fourth-order valence-corrected chi connectivity index (χ4v) is 4.58. The quantitative estimate of drug-likeness (QED) is 0.558. The molecule has 0 bridgehead atoms. The molecule has 1 fully saturated rings. The average molecular weight is 434 g/mol. The third-order valence-corrected chi connectivity index (χ3v) is 6.45. The molecule has 31 heavy (non-hydrogen) atoms. The molecule has 160 valence electrons. The van der Waals surface area contributed by atoms with E-state index in [0.717, 1.165) is 30.8 Å². The minimum atomic E-state index is -0.222. The predicted molar refractivity (Wildman–Crippen MR) is 127 cm³/mol. The topological polar surface area (TPSA) is 61.4 Å². The number of hydrogen-bond acceptors (Lipinski definition) is 4. The first-order valence-corrected chi connectivity index (χ1v) is 11.6. The number of thiophene rings is 1. The minimum absolute atomic E-state index is 0.137. The number of anilines is 1. The summed E-state index contributed by atoms with van der Waals surface area (Å²) >= 11 is 1.34. The molecule has 0 spiro atoms. The van der Waals surface area contributed by atoms with Crippen molar-refractivity contribution in [1.29, 1.82) is 0 Å². The molecule has 0 atom stereocenters. The van der Waals surface area contributed by atoms with Crippen LogP contribution >= 0.6 is 11.3 Å². The van der Waals surface area contributed by atoms with Crippen LogP contribution < -0.4 is 10.6 Å². The Labute approximate surface area is 187 Å². The van der Waals surface area contributed by atoms with Crippen molar-refractivity contribution in [3.8, 4) is 11.1 Å². The van der Waals surface area contributed by atoms with E-state index in [4.69, 9.17) is 0 Å². The molecule has 1 aromatic heterocycles. The molecule has 0 saturated carbocycles. The molecular weight excluding hydrogens is 406 g/mol. The van der Waals surface area contributed by atoms with Gasteiger partial charge < -0.3 is 15.5 Å². The van der Waals surface area contributed by atoms with Crippen LogP contribution in [0.1, 0.15) is 39.3 Å². The van der Waals surface area contributed by atoms with Crippen molar-refractivity contribution in [1.82, 2.24) is 10.2 Å². The van der Waals surface area contributed by atoms with Gasteiger partial charge in [0.05, 0.1) is 5.69 Å². The van der Waals surface area contributed by atoms with Gasteiger partial charge in [-0.25, -0.2) is 0 Å². The lowest BCUT2D eigenvalue weighted by molar-refractivity contribution is 0.0951. The van der Waals surface area contributed by atoms with E-state index in [2.05, 4.69) is 15.5 Å². The molecule has 2 N–H and O–H groups in total. The third-order valence-electron chi connectivity index (χ3n) is 5.54. The maximum Gasteiger partial charge on any atom is 0.263 e. The number of nitrogens with one attached hydrogen (secondary N) is 2. The number of piperidine rings is 1. The standard InChI is InChI=1S/C25H27N3O2S/c29-24(21-11-9-20(10-12-21)19-7-3-1-4-8-19)27-22-13-18-31-23(22)25(30)26-14-17-28-15-5-2-6-16-28/h1,3-4,7-13,18H,2,5-6,14-17H2,(H,26,30)(H,27,29). The number of amides is 2. The Morgan fingerprint density at radius 1 is 0.839 bits per heavy atom. The fourth-order valence-electron chi connectivity index (χ4n) is 3.81. The Morgan fingerprint density at radius 2 is 1.55 bits per heavy atom. The van der Waals surface area contributed by atoms with Crippen molar-refractivity contribution >= 4 is 28.8 Å². The predicted octanol–water partition coefficient (Wildman–Crippen LogP) is 4.88. The third kappa shape index (κ3) is 5.60. The zero-order valence-electron chi connectivity index (χ0n) is 17.5. The molecule has 2 amide bonds. The molecule has 2 heterocycles. The average Bonchev–Trinajstić information content (AvgIpc) is 3.28. The van der Waals surface area contributed by atoms with Gasteiger partial charge in [-0.2, -0.15) is 0 Å². The van der Waals surface area contributed by atoms with Gasteiger partial charge in [-0.3, -0.25) is 9.59 Å². The van der Waals surface area contributed by atoms with Gasteiger partial charge in [0.15, 0.2) is 0 Å². The molecule has 3 aromatic rings. The molecule has 0 aliphatic carbocycles. The highest BCUT2D eigenvalue weighted by molar-refractivity contribution is 7.12. The molecular formula is C25H27N3O2S. The maximum absolute atomic E-state index is 12.7. The van der Waals surface area contributed by atoms with E-state index < -0.39 is 0 Å². The maximum atomic E-state index is 12.7. The first kappa shape index (κ1) is 21.3. The van der Waals surface area contributed by atoms with E-state index in [1.54, 1.807) is 6.07 Å². The highest BCUT2D eigenvalue weighted by atomic mass is 32.1. The molecule has 1 aliphatic rings. The van der Waals surface area contributed by atoms with E-state index in [1.807, 2.05) is 60.0 Å². The van der Waals surface area contributed by atoms with E-state index >= 15 is 0 Å². The van der Waals surface area contributed by atoms with Crippen LogP contribution in [0.3, 0.4) is 0 Å². The lowest BCUT2D eigenvalue weighted by Gasteiger charge is -2.26. The molecule has 0 radical (unpaired) electrons. The van der Waals surface area contributed by atoms with Crippen molar-refractivity contribution in [3.63, 3.8) is 0 Å². The molecule has 5 nitrogen and oxygen atoms in total. The minimum Gasteiger partial charge on any atom is -0.350 e. The van der Waals surface area contributed by atoms with Gasteiger partial charge in [-0.15, -0.1) is 11.3 Å². The second-order valence-corrected chi connectivity index (χ2v) is 8.64. The van der Waals surface area contributed by atoms with Gasteiger partial charge in [0, 0.05) is 18.7 Å². The smallest absolute Gasteiger partial charge is 0.263 e. The molecule has 0 unspecified atom stereocenters. The Hall–Kier alpha value is -2.96. The zero-order chi connectivity index (χ0) is 21.5. The Balaban J connectivity index is 1.34. The van der Waals surface area contributed by atoms with Crippen LogP contribution in [0, 0.1) is 0 Å². The van der Waals surface area contributed by atoms with E-state index in [9.17, 15) is 9.59 Å². The van der Waals surface area contributed by atoms with Gasteiger partial charge >= 0.3 is 0 Å². The second-order valence-electron chi connectivity index (χ2n) is 7.72. The lowest BCUT2D eigenvalue weighted by Crippen LogP contribution is -2.37. The van der Waals surface area contributed by atoms with Crippen LogP contribution in [0.2, 0.25) is 0 Å². The monoisotopic (exact) mass is 433 g/mol.